The Morgan fingerprint density at radius 2 is 2.00 bits per heavy atom. The lowest BCUT2D eigenvalue weighted by Gasteiger charge is -2.22. The van der Waals surface area contributed by atoms with Crippen molar-refractivity contribution in [3.63, 3.8) is 0 Å². The minimum atomic E-state index is -0.243. The fraction of sp³-hybridized carbons (Fsp3) is 0.333. The second kappa shape index (κ2) is 6.23. The number of carbonyl (C=O) groups excluding carboxylic acids is 1. The summed E-state index contributed by atoms with van der Waals surface area (Å²) >= 11 is 0. The number of hydrogen-bond donors (Lipinski definition) is 1. The number of hydrogen-bond acceptors (Lipinski definition) is 3. The minimum Gasteiger partial charge on any atom is -0.481 e. The molecular formula is C15H19N3O2. The van der Waals surface area contributed by atoms with Crippen LogP contribution in [0.5, 0.6) is 5.88 Å². The summed E-state index contributed by atoms with van der Waals surface area (Å²) in [5.41, 5.74) is 0.661. The van der Waals surface area contributed by atoms with E-state index in [9.17, 15) is 4.79 Å². The quantitative estimate of drug-likeness (QED) is 0.911. The Labute approximate surface area is 118 Å². The van der Waals surface area contributed by atoms with Crippen molar-refractivity contribution in [2.24, 2.45) is 5.92 Å². The lowest BCUT2D eigenvalue weighted by atomic mass is 10.0. The molecule has 2 rings (SSSR count). The van der Waals surface area contributed by atoms with Crippen LogP contribution in [0.25, 0.3) is 0 Å². The van der Waals surface area contributed by atoms with Crippen LogP contribution in [0.15, 0.2) is 42.9 Å². The number of nitrogens with one attached hydrogen (secondary N) is 1. The molecule has 5 heteroatoms. The summed E-state index contributed by atoms with van der Waals surface area (Å²) in [7, 11) is 1.56. The van der Waals surface area contributed by atoms with Crippen LogP contribution in [0.4, 0.5) is 5.69 Å². The van der Waals surface area contributed by atoms with Crippen molar-refractivity contribution in [3.05, 3.63) is 42.9 Å². The molecule has 5 nitrogen and oxygen atoms in total. The number of aromatic nitrogens is 2. The zero-order valence-corrected chi connectivity index (χ0v) is 11.9. The molecule has 2 aromatic heterocycles. The summed E-state index contributed by atoms with van der Waals surface area (Å²) in [5.74, 6) is 0.658. The van der Waals surface area contributed by atoms with Gasteiger partial charge in [-0.3, -0.25) is 4.79 Å². The van der Waals surface area contributed by atoms with Crippen LogP contribution in [0.3, 0.4) is 0 Å². The molecule has 1 N–H and O–H groups in total. The van der Waals surface area contributed by atoms with E-state index in [0.29, 0.717) is 11.6 Å². The summed E-state index contributed by atoms with van der Waals surface area (Å²) in [5, 5.41) is 2.89. The summed E-state index contributed by atoms with van der Waals surface area (Å²) < 4.78 is 6.90. The van der Waals surface area contributed by atoms with E-state index in [1.165, 1.54) is 0 Å². The fourth-order valence-electron chi connectivity index (χ4n) is 2.11. The molecule has 1 amide bonds. The maximum Gasteiger partial charge on any atom is 0.247 e. The summed E-state index contributed by atoms with van der Waals surface area (Å²) in [4.78, 5) is 16.5. The van der Waals surface area contributed by atoms with Crippen molar-refractivity contribution in [3.8, 4) is 5.88 Å². The summed E-state index contributed by atoms with van der Waals surface area (Å²) in [6.07, 6.45) is 5.39. The first-order valence-corrected chi connectivity index (χ1v) is 6.55. The molecule has 0 spiro atoms. The predicted molar refractivity (Wildman–Crippen MR) is 77.7 cm³/mol. The summed E-state index contributed by atoms with van der Waals surface area (Å²) in [6, 6.07) is 7.08. The largest absolute Gasteiger partial charge is 0.481 e. The van der Waals surface area contributed by atoms with E-state index in [4.69, 9.17) is 4.74 Å². The van der Waals surface area contributed by atoms with Gasteiger partial charge < -0.3 is 14.6 Å². The fourth-order valence-corrected chi connectivity index (χ4v) is 2.11. The molecule has 0 saturated heterocycles. The molecule has 20 heavy (non-hydrogen) atoms. The third kappa shape index (κ3) is 3.17. The Morgan fingerprint density at radius 1 is 1.30 bits per heavy atom. The van der Waals surface area contributed by atoms with Gasteiger partial charge in [0.1, 0.15) is 6.04 Å². The molecule has 0 aliphatic carbocycles. The van der Waals surface area contributed by atoms with Gasteiger partial charge in [0.2, 0.25) is 11.8 Å². The zero-order valence-electron chi connectivity index (χ0n) is 11.9. The van der Waals surface area contributed by atoms with E-state index in [0.717, 1.165) is 0 Å². The maximum atomic E-state index is 12.4. The lowest BCUT2D eigenvalue weighted by molar-refractivity contribution is -0.120. The van der Waals surface area contributed by atoms with Crippen molar-refractivity contribution in [2.45, 2.75) is 19.9 Å². The lowest BCUT2D eigenvalue weighted by Crippen LogP contribution is -2.29. The SMILES string of the molecule is COc1ccc(NC(=O)[C@H](C(C)C)n2cccc2)cn1. The van der Waals surface area contributed by atoms with Gasteiger partial charge in [-0.05, 0) is 24.1 Å². The van der Waals surface area contributed by atoms with E-state index >= 15 is 0 Å². The Hall–Kier alpha value is -2.30. The second-order valence-corrected chi connectivity index (χ2v) is 4.90. The second-order valence-electron chi connectivity index (χ2n) is 4.90. The number of ether oxygens (including phenoxy) is 1. The Morgan fingerprint density at radius 3 is 2.50 bits per heavy atom. The van der Waals surface area contributed by atoms with Crippen LogP contribution in [0, 0.1) is 5.92 Å². The Balaban J connectivity index is 2.12. The molecule has 0 saturated carbocycles. The van der Waals surface area contributed by atoms with Crippen LogP contribution >= 0.6 is 0 Å². The Bertz CT molecular complexity index is 547. The van der Waals surface area contributed by atoms with Crippen LogP contribution in [-0.2, 0) is 4.79 Å². The highest BCUT2D eigenvalue weighted by Crippen LogP contribution is 2.20. The Kier molecular flexibility index (Phi) is 4.40. The molecular weight excluding hydrogens is 254 g/mol. The molecule has 0 unspecified atom stereocenters. The van der Waals surface area contributed by atoms with E-state index in [1.54, 1.807) is 25.4 Å². The van der Waals surface area contributed by atoms with Gasteiger partial charge in [0, 0.05) is 18.5 Å². The molecule has 0 aromatic carbocycles. The van der Waals surface area contributed by atoms with Crippen LogP contribution in [0.1, 0.15) is 19.9 Å². The van der Waals surface area contributed by atoms with Gasteiger partial charge in [0.25, 0.3) is 0 Å². The highest BCUT2D eigenvalue weighted by atomic mass is 16.5. The smallest absolute Gasteiger partial charge is 0.247 e. The summed E-state index contributed by atoms with van der Waals surface area (Å²) in [6.45, 7) is 4.05. The first-order chi connectivity index (χ1) is 9.61. The van der Waals surface area contributed by atoms with Crippen LogP contribution in [0.2, 0.25) is 0 Å². The monoisotopic (exact) mass is 273 g/mol. The van der Waals surface area contributed by atoms with Crippen molar-refractivity contribution in [1.29, 1.82) is 0 Å². The molecule has 0 aliphatic heterocycles. The van der Waals surface area contributed by atoms with Gasteiger partial charge in [0.15, 0.2) is 0 Å². The normalized spacial score (nSPS) is 12.2. The third-order valence-corrected chi connectivity index (χ3v) is 3.06. The molecule has 0 fully saturated rings. The zero-order chi connectivity index (χ0) is 14.5. The van der Waals surface area contributed by atoms with Crippen molar-refractivity contribution in [2.75, 3.05) is 12.4 Å². The van der Waals surface area contributed by atoms with E-state index in [-0.39, 0.29) is 17.9 Å². The first kappa shape index (κ1) is 14.1. The van der Waals surface area contributed by atoms with Gasteiger partial charge in [0.05, 0.1) is 19.0 Å². The first-order valence-electron chi connectivity index (χ1n) is 6.55. The maximum absolute atomic E-state index is 12.4. The number of amides is 1. The number of methoxy groups -OCH3 is 1. The molecule has 2 aromatic rings. The molecule has 0 bridgehead atoms. The standard InChI is InChI=1S/C15H19N3O2/c1-11(2)14(18-8-4-5-9-18)15(19)17-12-6-7-13(20-3)16-10-12/h4-11,14H,1-3H3,(H,17,19)/t14-/m0/s1. The topological polar surface area (TPSA) is 56.1 Å². The third-order valence-electron chi connectivity index (χ3n) is 3.06. The predicted octanol–water partition coefficient (Wildman–Crippen LogP) is 2.73. The van der Waals surface area contributed by atoms with Crippen molar-refractivity contribution < 1.29 is 9.53 Å². The average Bonchev–Trinajstić information content (AvgIpc) is 2.93. The van der Waals surface area contributed by atoms with Gasteiger partial charge in [-0.15, -0.1) is 0 Å². The van der Waals surface area contributed by atoms with Gasteiger partial charge in [-0.2, -0.15) is 0 Å². The molecule has 106 valence electrons. The van der Waals surface area contributed by atoms with E-state index in [1.807, 2.05) is 42.9 Å². The highest BCUT2D eigenvalue weighted by molar-refractivity contribution is 5.93. The van der Waals surface area contributed by atoms with E-state index < -0.39 is 0 Å². The number of anilines is 1. The van der Waals surface area contributed by atoms with Crippen molar-refractivity contribution >= 4 is 11.6 Å². The highest BCUT2D eigenvalue weighted by Gasteiger charge is 2.23. The van der Waals surface area contributed by atoms with Gasteiger partial charge >= 0.3 is 0 Å². The average molecular weight is 273 g/mol. The molecule has 0 radical (unpaired) electrons. The minimum absolute atomic E-state index is 0.0526. The van der Waals surface area contributed by atoms with Gasteiger partial charge in [-0.25, -0.2) is 4.98 Å². The van der Waals surface area contributed by atoms with Crippen LogP contribution < -0.4 is 10.1 Å². The molecule has 2 heterocycles. The molecule has 0 aliphatic rings. The molecule has 1 atom stereocenters. The number of rotatable bonds is 5. The van der Waals surface area contributed by atoms with Crippen LogP contribution in [-0.4, -0.2) is 22.6 Å². The number of nitrogens with zero attached hydrogens (tertiary/aromatic N) is 2. The number of pyridine rings is 1. The van der Waals surface area contributed by atoms with E-state index in [2.05, 4.69) is 10.3 Å². The number of carbonyl (C=O) groups is 1. The van der Waals surface area contributed by atoms with Crippen molar-refractivity contribution in [1.82, 2.24) is 9.55 Å². The van der Waals surface area contributed by atoms with Gasteiger partial charge in [-0.1, -0.05) is 13.8 Å².